The second-order valence-electron chi connectivity index (χ2n) is 5.72. The average Bonchev–Trinajstić information content (AvgIpc) is 2.60. The standard InChI is InChI=1S/C18H16F3NO3/c1-11(12-5-4-6-13(9-12)18(19,20)21)22-17(23)16-10-24-14-7-2-3-8-15(14)25-16/h2-9,11,16H,10H2,1H3,(H,22,23). The maximum absolute atomic E-state index is 12.8. The Kier molecular flexibility index (Phi) is 4.57. The van der Waals surface area contributed by atoms with Gasteiger partial charge in [0.05, 0.1) is 11.6 Å². The fraction of sp³-hybridized carbons (Fsp3) is 0.278. The van der Waals surface area contributed by atoms with Crippen LogP contribution in [0.25, 0.3) is 0 Å². The van der Waals surface area contributed by atoms with Gasteiger partial charge < -0.3 is 14.8 Å². The van der Waals surface area contributed by atoms with Crippen LogP contribution in [0.4, 0.5) is 13.2 Å². The molecule has 4 nitrogen and oxygen atoms in total. The number of fused-ring (bicyclic) bond motifs is 1. The number of nitrogens with one attached hydrogen (secondary N) is 1. The molecular weight excluding hydrogens is 335 g/mol. The minimum absolute atomic E-state index is 0.0398. The summed E-state index contributed by atoms with van der Waals surface area (Å²) in [6.07, 6.45) is -5.29. The molecule has 0 bridgehead atoms. The van der Waals surface area contributed by atoms with E-state index in [1.165, 1.54) is 12.1 Å². The van der Waals surface area contributed by atoms with Gasteiger partial charge in [0, 0.05) is 0 Å². The van der Waals surface area contributed by atoms with E-state index < -0.39 is 29.8 Å². The van der Waals surface area contributed by atoms with Crippen molar-refractivity contribution in [2.45, 2.75) is 25.2 Å². The first kappa shape index (κ1) is 17.1. The van der Waals surface area contributed by atoms with E-state index in [-0.39, 0.29) is 6.61 Å². The summed E-state index contributed by atoms with van der Waals surface area (Å²) in [5, 5.41) is 2.66. The van der Waals surface area contributed by atoms with E-state index in [0.717, 1.165) is 12.1 Å². The van der Waals surface area contributed by atoms with Crippen LogP contribution < -0.4 is 14.8 Å². The second kappa shape index (κ2) is 6.66. The van der Waals surface area contributed by atoms with E-state index in [1.807, 2.05) is 0 Å². The van der Waals surface area contributed by atoms with Crippen LogP contribution >= 0.6 is 0 Å². The maximum atomic E-state index is 12.8. The fourth-order valence-corrected chi connectivity index (χ4v) is 2.52. The minimum Gasteiger partial charge on any atom is -0.485 e. The summed E-state index contributed by atoms with van der Waals surface area (Å²) in [7, 11) is 0. The molecule has 0 radical (unpaired) electrons. The molecule has 7 heteroatoms. The molecule has 2 aromatic carbocycles. The predicted octanol–water partition coefficient (Wildman–Crippen LogP) is 3.72. The Morgan fingerprint density at radius 1 is 1.16 bits per heavy atom. The highest BCUT2D eigenvalue weighted by molar-refractivity contribution is 5.82. The third kappa shape index (κ3) is 3.87. The molecule has 0 saturated carbocycles. The van der Waals surface area contributed by atoms with E-state index in [4.69, 9.17) is 9.47 Å². The first-order valence-electron chi connectivity index (χ1n) is 7.70. The third-order valence-corrected chi connectivity index (χ3v) is 3.87. The molecule has 1 aliphatic heterocycles. The van der Waals surface area contributed by atoms with Crippen LogP contribution in [0.5, 0.6) is 11.5 Å². The number of ether oxygens (including phenoxy) is 2. The fourth-order valence-electron chi connectivity index (χ4n) is 2.52. The molecule has 1 amide bonds. The van der Waals surface area contributed by atoms with Crippen LogP contribution in [0.1, 0.15) is 24.1 Å². The van der Waals surface area contributed by atoms with Gasteiger partial charge in [0.1, 0.15) is 6.61 Å². The topological polar surface area (TPSA) is 47.6 Å². The quantitative estimate of drug-likeness (QED) is 0.917. The zero-order valence-corrected chi connectivity index (χ0v) is 13.3. The summed E-state index contributed by atoms with van der Waals surface area (Å²) in [5.74, 6) is 0.567. The number of alkyl halides is 3. The van der Waals surface area contributed by atoms with E-state index in [0.29, 0.717) is 17.1 Å². The lowest BCUT2D eigenvalue weighted by molar-refractivity contribution is -0.137. The monoisotopic (exact) mass is 351 g/mol. The van der Waals surface area contributed by atoms with Crippen molar-refractivity contribution in [3.63, 3.8) is 0 Å². The van der Waals surface area contributed by atoms with Crippen molar-refractivity contribution < 1.29 is 27.4 Å². The van der Waals surface area contributed by atoms with Crippen LogP contribution in [-0.2, 0) is 11.0 Å². The van der Waals surface area contributed by atoms with Crippen molar-refractivity contribution in [2.24, 2.45) is 0 Å². The minimum atomic E-state index is -4.43. The number of para-hydroxylation sites is 2. The Balaban J connectivity index is 1.67. The van der Waals surface area contributed by atoms with Gasteiger partial charge in [-0.25, -0.2) is 0 Å². The van der Waals surface area contributed by atoms with Crippen molar-refractivity contribution in [3.8, 4) is 11.5 Å². The van der Waals surface area contributed by atoms with Gasteiger partial charge in [0.2, 0.25) is 6.10 Å². The Hall–Kier alpha value is -2.70. The first-order chi connectivity index (χ1) is 11.8. The zero-order chi connectivity index (χ0) is 18.0. The van der Waals surface area contributed by atoms with Crippen molar-refractivity contribution in [1.82, 2.24) is 5.32 Å². The number of hydrogen-bond acceptors (Lipinski definition) is 3. The Bertz CT molecular complexity index is 776. The molecule has 0 fully saturated rings. The number of halogens is 3. The van der Waals surface area contributed by atoms with Gasteiger partial charge in [0.25, 0.3) is 5.91 Å². The largest absolute Gasteiger partial charge is 0.485 e. The van der Waals surface area contributed by atoms with Gasteiger partial charge >= 0.3 is 6.18 Å². The third-order valence-electron chi connectivity index (χ3n) is 3.87. The number of benzene rings is 2. The van der Waals surface area contributed by atoms with Crippen molar-refractivity contribution in [3.05, 3.63) is 59.7 Å². The highest BCUT2D eigenvalue weighted by atomic mass is 19.4. The predicted molar refractivity (Wildman–Crippen MR) is 84.4 cm³/mol. The van der Waals surface area contributed by atoms with Crippen LogP contribution in [-0.4, -0.2) is 18.6 Å². The highest BCUT2D eigenvalue weighted by Gasteiger charge is 2.31. The van der Waals surface area contributed by atoms with Crippen molar-refractivity contribution >= 4 is 5.91 Å². The van der Waals surface area contributed by atoms with Crippen molar-refractivity contribution in [2.75, 3.05) is 6.61 Å². The normalized spacial score (nSPS) is 17.7. The van der Waals surface area contributed by atoms with E-state index in [2.05, 4.69) is 5.32 Å². The lowest BCUT2D eigenvalue weighted by Gasteiger charge is -2.27. The van der Waals surface area contributed by atoms with Gasteiger partial charge in [-0.1, -0.05) is 24.3 Å². The molecule has 0 saturated heterocycles. The number of carbonyl (C=O) groups excluding carboxylic acids is 1. The van der Waals surface area contributed by atoms with Gasteiger partial charge in [0.15, 0.2) is 11.5 Å². The zero-order valence-electron chi connectivity index (χ0n) is 13.3. The van der Waals surface area contributed by atoms with E-state index in [9.17, 15) is 18.0 Å². The summed E-state index contributed by atoms with van der Waals surface area (Å²) in [6.45, 7) is 1.66. The summed E-state index contributed by atoms with van der Waals surface area (Å²) in [5.41, 5.74) is -0.391. The Morgan fingerprint density at radius 2 is 1.88 bits per heavy atom. The molecule has 1 heterocycles. The molecule has 2 unspecified atom stereocenters. The Labute approximate surface area is 142 Å². The SMILES string of the molecule is CC(NC(=O)C1COc2ccccc2O1)c1cccc(C(F)(F)F)c1. The van der Waals surface area contributed by atoms with Crippen LogP contribution in [0.2, 0.25) is 0 Å². The molecule has 1 aliphatic rings. The van der Waals surface area contributed by atoms with Crippen LogP contribution in [0.15, 0.2) is 48.5 Å². The van der Waals surface area contributed by atoms with Crippen LogP contribution in [0, 0.1) is 0 Å². The molecule has 0 spiro atoms. The lowest BCUT2D eigenvalue weighted by atomic mass is 10.0. The average molecular weight is 351 g/mol. The molecule has 0 aromatic heterocycles. The number of amides is 1. The maximum Gasteiger partial charge on any atom is 0.416 e. The van der Waals surface area contributed by atoms with Crippen LogP contribution in [0.3, 0.4) is 0 Å². The summed E-state index contributed by atoms with van der Waals surface area (Å²) < 4.78 is 49.5. The summed E-state index contributed by atoms with van der Waals surface area (Å²) in [4.78, 5) is 12.3. The molecule has 0 aliphatic carbocycles. The molecule has 2 atom stereocenters. The Morgan fingerprint density at radius 3 is 2.60 bits per heavy atom. The molecule has 25 heavy (non-hydrogen) atoms. The van der Waals surface area contributed by atoms with Gasteiger partial charge in [-0.2, -0.15) is 13.2 Å². The number of carbonyl (C=O) groups is 1. The summed E-state index contributed by atoms with van der Waals surface area (Å²) in [6, 6.07) is 11.2. The van der Waals surface area contributed by atoms with E-state index >= 15 is 0 Å². The first-order valence-corrected chi connectivity index (χ1v) is 7.70. The highest BCUT2D eigenvalue weighted by Crippen LogP contribution is 2.32. The summed E-state index contributed by atoms with van der Waals surface area (Å²) >= 11 is 0. The van der Waals surface area contributed by atoms with Crippen molar-refractivity contribution in [1.29, 1.82) is 0 Å². The smallest absolute Gasteiger partial charge is 0.416 e. The second-order valence-corrected chi connectivity index (χ2v) is 5.72. The van der Waals surface area contributed by atoms with E-state index in [1.54, 1.807) is 31.2 Å². The van der Waals surface area contributed by atoms with Gasteiger partial charge in [-0.05, 0) is 36.8 Å². The molecule has 3 rings (SSSR count). The number of rotatable bonds is 3. The molecular formula is C18H16F3NO3. The number of hydrogen-bond donors (Lipinski definition) is 1. The van der Waals surface area contributed by atoms with Gasteiger partial charge in [-0.15, -0.1) is 0 Å². The lowest BCUT2D eigenvalue weighted by Crippen LogP contribution is -2.44. The molecule has 132 valence electrons. The molecule has 2 aromatic rings. The molecule has 1 N–H and O–H groups in total. The van der Waals surface area contributed by atoms with Gasteiger partial charge in [-0.3, -0.25) is 4.79 Å².